The Kier molecular flexibility index (Phi) is 18.0. The van der Waals surface area contributed by atoms with E-state index < -0.39 is 15.8 Å². The van der Waals surface area contributed by atoms with Gasteiger partial charge in [0, 0.05) is 37.9 Å². The fourth-order valence-electron chi connectivity index (χ4n) is 5.03. The van der Waals surface area contributed by atoms with Gasteiger partial charge in [0.05, 0.1) is 62.0 Å². The summed E-state index contributed by atoms with van der Waals surface area (Å²) in [6.45, 7) is 3.36. The van der Waals surface area contributed by atoms with Crippen molar-refractivity contribution in [2.45, 2.75) is 25.4 Å². The number of hydrogen-bond acceptors (Lipinski definition) is 1. The van der Waals surface area contributed by atoms with Gasteiger partial charge in [-0.2, -0.15) is 0 Å². The minimum atomic E-state index is -0.457. The quantitative estimate of drug-likeness (QED) is 0.137. The Bertz CT molecular complexity index is 1010. The van der Waals surface area contributed by atoms with Crippen LogP contribution < -0.4 is 0 Å². The average molecular weight is 747 g/mol. The first-order valence-corrected chi connectivity index (χ1v) is 24.5. The molecule has 7 heteroatoms. The summed E-state index contributed by atoms with van der Waals surface area (Å²) in [5.41, 5.74) is 6.05. The van der Waals surface area contributed by atoms with E-state index in [2.05, 4.69) is 132 Å². The van der Waals surface area contributed by atoms with Crippen LogP contribution in [0.1, 0.15) is 23.6 Å². The molecule has 1 aliphatic heterocycles. The zero-order chi connectivity index (χ0) is 25.4. The summed E-state index contributed by atoms with van der Waals surface area (Å²) < 4.78 is 0. The molecule has 1 nitrogen and oxygen atoms in total. The Labute approximate surface area is 252 Å². The predicted molar refractivity (Wildman–Crippen MR) is 182 cm³/mol. The summed E-state index contributed by atoms with van der Waals surface area (Å²) in [5.74, 6) is 0. The first-order valence-electron chi connectivity index (χ1n) is 13.0. The van der Waals surface area contributed by atoms with Crippen molar-refractivity contribution in [1.29, 1.82) is 0 Å². The van der Waals surface area contributed by atoms with Crippen molar-refractivity contribution >= 4 is 57.6 Å². The fraction of sp³-hybridized carbons (Fsp3) is 0.367. The van der Waals surface area contributed by atoms with Gasteiger partial charge < -0.3 is 0 Å². The van der Waals surface area contributed by atoms with E-state index in [-0.39, 0.29) is 16.3 Å². The van der Waals surface area contributed by atoms with Crippen molar-refractivity contribution in [1.82, 2.24) is 0 Å². The number of halogens is 1. The molecule has 0 aliphatic carbocycles. The first-order chi connectivity index (χ1) is 17.7. The van der Waals surface area contributed by atoms with Gasteiger partial charge in [0.1, 0.15) is 0 Å². The molecule has 1 aliphatic rings. The van der Waals surface area contributed by atoms with Crippen LogP contribution in [0.25, 0.3) is 0 Å². The Morgan fingerprint density at radius 1 is 0.595 bits per heavy atom. The molecule has 3 atom stereocenters. The number of hydrogen-bond donors (Lipinski definition) is 0. The minimum absolute atomic E-state index is 0. The predicted octanol–water partition coefficient (Wildman–Crippen LogP) is 8.21. The van der Waals surface area contributed by atoms with Crippen LogP contribution in [0.3, 0.4) is 0 Å². The van der Waals surface area contributed by atoms with Crippen molar-refractivity contribution < 1.29 is 14.8 Å². The van der Waals surface area contributed by atoms with Gasteiger partial charge in [-0.3, -0.25) is 4.99 Å². The number of aliphatic imine (C=N–C) groups is 1. The third kappa shape index (κ3) is 13.3. The van der Waals surface area contributed by atoms with Gasteiger partial charge in [-0.15, -0.1) is 0 Å². The molecule has 4 rings (SSSR count). The van der Waals surface area contributed by atoms with Gasteiger partial charge in [0.15, 0.2) is 0 Å². The van der Waals surface area contributed by atoms with E-state index in [1.807, 2.05) is 0 Å². The van der Waals surface area contributed by atoms with Crippen molar-refractivity contribution in [3.05, 3.63) is 108 Å². The van der Waals surface area contributed by atoms with Crippen LogP contribution in [0.5, 0.6) is 0 Å². The molecule has 0 amide bonds. The standard InChI is InChI=1S/C30H38NP3.B.HI.Ru/c1-27-23-34(26-30-15-9-4-10-16-30)22-21-33(25-29-13-7-3-8-14-29)20-19-32(18-17-31-27)24-28-11-5-2-6-12-28;;;/h2-16H,17-26H2,1H3;;1H;/q;;;+1/p+2. The molecule has 0 saturated carbocycles. The Morgan fingerprint density at radius 2 is 0.946 bits per heavy atom. The Morgan fingerprint density at radius 3 is 1.38 bits per heavy atom. The molecule has 0 aromatic heterocycles. The second-order valence-corrected chi connectivity index (χ2v) is 18.2. The van der Waals surface area contributed by atoms with Gasteiger partial charge in [-0.05, 0) is 23.6 Å². The van der Waals surface area contributed by atoms with E-state index in [4.69, 9.17) is 4.99 Å². The van der Waals surface area contributed by atoms with Crippen LogP contribution in [-0.2, 0) is 33.3 Å². The molecule has 3 unspecified atom stereocenters. The zero-order valence-corrected chi connectivity index (χ0v) is 28.9. The molecule has 0 spiro atoms. The van der Waals surface area contributed by atoms with Crippen LogP contribution >= 0.6 is 43.5 Å². The maximum atomic E-state index is 5.10. The van der Waals surface area contributed by atoms with E-state index >= 15 is 0 Å². The van der Waals surface area contributed by atoms with Crippen LogP contribution in [0.15, 0.2) is 96.0 Å². The fourth-order valence-corrected chi connectivity index (χ4v) is 16.1. The Hall–Kier alpha value is 0.0383. The monoisotopic (exact) mass is 748 g/mol. The van der Waals surface area contributed by atoms with E-state index in [0.29, 0.717) is 0 Å². The molecule has 37 heavy (non-hydrogen) atoms. The van der Waals surface area contributed by atoms with Gasteiger partial charge >= 0.3 is 34.5 Å². The third-order valence-electron chi connectivity index (χ3n) is 6.91. The average Bonchev–Trinajstić information content (AvgIpc) is 2.92. The summed E-state index contributed by atoms with van der Waals surface area (Å²) in [4.78, 5) is 5.10. The van der Waals surface area contributed by atoms with Gasteiger partial charge in [0.25, 0.3) is 0 Å². The number of nitrogens with zero attached hydrogens (tertiary/aromatic N) is 1. The summed E-state index contributed by atoms with van der Waals surface area (Å²) >= 11 is 4.40. The SMILES string of the molecule is CC1=NCC[PH+](Cc2ccccc2)CC[PH+](Cc2ccccc2)CC[PH+](Cc2ccccc2)C1.[B].[Ru][I]. The first kappa shape index (κ1) is 33.2. The van der Waals surface area contributed by atoms with Gasteiger partial charge in [0.2, 0.25) is 0 Å². The zero-order valence-electron chi connectivity index (χ0n) is 22.0. The van der Waals surface area contributed by atoms with Crippen molar-refractivity contribution in [3.8, 4) is 0 Å². The van der Waals surface area contributed by atoms with Crippen LogP contribution in [0.4, 0.5) is 0 Å². The summed E-state index contributed by atoms with van der Waals surface area (Å²) in [5, 5.41) is 0. The summed E-state index contributed by atoms with van der Waals surface area (Å²) in [6.07, 6.45) is 12.4. The summed E-state index contributed by atoms with van der Waals surface area (Å²) in [7, 11) is -1.24. The second kappa shape index (κ2) is 20.0. The van der Waals surface area contributed by atoms with Gasteiger partial charge in [-0.25, -0.2) is 0 Å². The maximum absolute atomic E-state index is 5.10. The van der Waals surface area contributed by atoms with E-state index in [1.54, 1.807) is 5.56 Å². The van der Waals surface area contributed by atoms with Crippen LogP contribution in [0.2, 0.25) is 0 Å². The van der Waals surface area contributed by atoms with Crippen LogP contribution in [-0.4, -0.2) is 57.6 Å². The molecule has 0 N–H and O–H groups in total. The summed E-state index contributed by atoms with van der Waals surface area (Å²) in [6, 6.07) is 33.7. The molecular formula is C30H41BINP3Ru+3. The van der Waals surface area contributed by atoms with E-state index in [9.17, 15) is 0 Å². The molecule has 3 radical (unpaired) electrons. The van der Waals surface area contributed by atoms with Crippen molar-refractivity contribution in [3.63, 3.8) is 0 Å². The molecule has 0 fully saturated rings. The van der Waals surface area contributed by atoms with Crippen LogP contribution in [0, 0.1) is 0 Å². The molecule has 3 aromatic rings. The Balaban J connectivity index is 0.00000157. The molecule has 0 saturated heterocycles. The van der Waals surface area contributed by atoms with E-state index in [1.165, 1.54) is 72.3 Å². The molecular weight excluding hydrogens is 706 g/mol. The van der Waals surface area contributed by atoms with Crippen molar-refractivity contribution in [2.24, 2.45) is 4.99 Å². The number of rotatable bonds is 6. The second-order valence-electron chi connectivity index (χ2n) is 9.78. The molecule has 0 bridgehead atoms. The topological polar surface area (TPSA) is 12.4 Å². The van der Waals surface area contributed by atoms with E-state index in [0.717, 1.165) is 6.54 Å². The normalized spacial score (nSPS) is 20.6. The third-order valence-corrected chi connectivity index (χ3v) is 16.4. The van der Waals surface area contributed by atoms with Gasteiger partial charge in [-0.1, -0.05) is 91.0 Å². The van der Waals surface area contributed by atoms with Crippen molar-refractivity contribution in [2.75, 3.05) is 43.5 Å². The molecule has 196 valence electrons. The molecule has 1 heterocycles. The number of benzene rings is 3. The molecule has 3 aromatic carbocycles.